The minimum atomic E-state index is -0.157. The lowest BCUT2D eigenvalue weighted by atomic mass is 9.94. The molecule has 1 aliphatic rings. The molecule has 0 bridgehead atoms. The molecular formula is C20H23N5O2. The van der Waals surface area contributed by atoms with E-state index in [0.29, 0.717) is 35.5 Å². The molecule has 1 aromatic carbocycles. The van der Waals surface area contributed by atoms with Gasteiger partial charge >= 0.3 is 0 Å². The molecule has 27 heavy (non-hydrogen) atoms. The molecule has 140 valence electrons. The van der Waals surface area contributed by atoms with Crippen LogP contribution >= 0.6 is 0 Å². The van der Waals surface area contributed by atoms with Gasteiger partial charge in [-0.15, -0.1) is 0 Å². The molecule has 3 heterocycles. The summed E-state index contributed by atoms with van der Waals surface area (Å²) in [6.07, 6.45) is 5.32. The number of nitrogens with zero attached hydrogens (tertiary/aromatic N) is 4. The number of fused-ring (bicyclic) bond motifs is 1. The van der Waals surface area contributed by atoms with Crippen LogP contribution in [0.15, 0.2) is 41.6 Å². The van der Waals surface area contributed by atoms with Gasteiger partial charge in [0.15, 0.2) is 5.69 Å². The van der Waals surface area contributed by atoms with Crippen LogP contribution < -0.4 is 5.56 Å². The summed E-state index contributed by atoms with van der Waals surface area (Å²) < 4.78 is 1.41. The fraction of sp³-hybridized carbons (Fsp3) is 0.400. The zero-order valence-corrected chi connectivity index (χ0v) is 15.6. The first-order valence-corrected chi connectivity index (χ1v) is 9.35. The Morgan fingerprint density at radius 3 is 2.52 bits per heavy atom. The highest BCUT2D eigenvalue weighted by atomic mass is 16.2. The van der Waals surface area contributed by atoms with Crippen molar-refractivity contribution in [3.05, 3.63) is 58.5 Å². The third-order valence-electron chi connectivity index (χ3n) is 5.26. The van der Waals surface area contributed by atoms with E-state index < -0.39 is 0 Å². The highest BCUT2D eigenvalue weighted by Gasteiger charge is 2.28. The highest BCUT2D eigenvalue weighted by molar-refractivity contribution is 6.04. The molecule has 1 saturated heterocycles. The van der Waals surface area contributed by atoms with E-state index in [1.54, 1.807) is 18.5 Å². The van der Waals surface area contributed by atoms with Crippen LogP contribution in [0.25, 0.3) is 10.8 Å². The van der Waals surface area contributed by atoms with E-state index in [9.17, 15) is 9.59 Å². The van der Waals surface area contributed by atoms with E-state index in [4.69, 9.17) is 0 Å². The maximum Gasteiger partial charge on any atom is 0.274 e. The standard InChI is InChI=1S/C20H23N5O2/c1-13(2)25-19(26)16-6-4-3-5-15(16)18(23-25)20(27)24-9-7-14(8-10-24)17-11-21-12-22-17/h3-6,11-14H,7-10H2,1-2H3,(H,21,22). The summed E-state index contributed by atoms with van der Waals surface area (Å²) >= 11 is 0. The van der Waals surface area contributed by atoms with Gasteiger partial charge in [0.25, 0.3) is 11.5 Å². The lowest BCUT2D eigenvalue weighted by Gasteiger charge is -2.31. The molecule has 7 heteroatoms. The molecule has 0 spiro atoms. The molecule has 2 aromatic heterocycles. The molecular weight excluding hydrogens is 342 g/mol. The Bertz CT molecular complexity index is 1010. The van der Waals surface area contributed by atoms with Gasteiger partial charge in [0.1, 0.15) is 0 Å². The van der Waals surface area contributed by atoms with E-state index in [-0.39, 0.29) is 17.5 Å². The quantitative estimate of drug-likeness (QED) is 0.773. The fourth-order valence-electron chi connectivity index (χ4n) is 3.75. The first-order valence-electron chi connectivity index (χ1n) is 9.35. The minimum Gasteiger partial charge on any atom is -0.348 e. The Morgan fingerprint density at radius 2 is 1.89 bits per heavy atom. The molecule has 1 aliphatic heterocycles. The Morgan fingerprint density at radius 1 is 1.19 bits per heavy atom. The summed E-state index contributed by atoms with van der Waals surface area (Å²) in [6.45, 7) is 5.12. The monoisotopic (exact) mass is 365 g/mol. The molecule has 0 unspecified atom stereocenters. The number of carbonyl (C=O) groups excluding carboxylic acids is 1. The smallest absolute Gasteiger partial charge is 0.274 e. The van der Waals surface area contributed by atoms with Gasteiger partial charge in [-0.1, -0.05) is 18.2 Å². The van der Waals surface area contributed by atoms with Crippen molar-refractivity contribution < 1.29 is 4.79 Å². The van der Waals surface area contributed by atoms with Crippen molar-refractivity contribution in [2.75, 3.05) is 13.1 Å². The minimum absolute atomic E-state index is 0.108. The molecule has 1 fully saturated rings. The third-order valence-corrected chi connectivity index (χ3v) is 5.26. The number of amides is 1. The van der Waals surface area contributed by atoms with Gasteiger partial charge in [0.2, 0.25) is 0 Å². The number of imidazole rings is 1. The van der Waals surface area contributed by atoms with Crippen molar-refractivity contribution in [2.24, 2.45) is 0 Å². The fourth-order valence-corrected chi connectivity index (χ4v) is 3.75. The van der Waals surface area contributed by atoms with Gasteiger partial charge in [0, 0.05) is 36.3 Å². The zero-order chi connectivity index (χ0) is 19.0. The molecule has 0 atom stereocenters. The van der Waals surface area contributed by atoms with Crippen LogP contribution in [0.3, 0.4) is 0 Å². The van der Waals surface area contributed by atoms with Crippen molar-refractivity contribution in [2.45, 2.75) is 38.6 Å². The van der Waals surface area contributed by atoms with E-state index >= 15 is 0 Å². The summed E-state index contributed by atoms with van der Waals surface area (Å²) in [5, 5.41) is 5.60. The Kier molecular flexibility index (Phi) is 4.51. The van der Waals surface area contributed by atoms with Crippen LogP contribution in [-0.2, 0) is 0 Å². The molecule has 1 N–H and O–H groups in total. The number of aromatic amines is 1. The number of benzene rings is 1. The number of nitrogens with one attached hydrogen (secondary N) is 1. The van der Waals surface area contributed by atoms with Crippen LogP contribution in [-0.4, -0.2) is 43.6 Å². The number of aromatic nitrogens is 4. The highest BCUT2D eigenvalue weighted by Crippen LogP contribution is 2.27. The Balaban J connectivity index is 1.65. The summed E-state index contributed by atoms with van der Waals surface area (Å²) in [5.41, 5.74) is 1.33. The second-order valence-electron chi connectivity index (χ2n) is 7.31. The van der Waals surface area contributed by atoms with Gasteiger partial charge in [-0.25, -0.2) is 9.67 Å². The van der Waals surface area contributed by atoms with Crippen molar-refractivity contribution in [3.63, 3.8) is 0 Å². The van der Waals surface area contributed by atoms with Crippen LogP contribution in [0.2, 0.25) is 0 Å². The van der Waals surface area contributed by atoms with Gasteiger partial charge in [-0.3, -0.25) is 9.59 Å². The second kappa shape index (κ2) is 6.98. The van der Waals surface area contributed by atoms with Crippen molar-refractivity contribution >= 4 is 16.7 Å². The zero-order valence-electron chi connectivity index (χ0n) is 15.6. The normalized spacial score (nSPS) is 15.6. The average molecular weight is 365 g/mol. The summed E-state index contributed by atoms with van der Waals surface area (Å²) in [6, 6.07) is 7.11. The lowest BCUT2D eigenvalue weighted by Crippen LogP contribution is -2.39. The summed E-state index contributed by atoms with van der Waals surface area (Å²) in [4.78, 5) is 35.0. The predicted molar refractivity (Wildman–Crippen MR) is 103 cm³/mol. The maximum atomic E-state index is 13.2. The number of hydrogen-bond acceptors (Lipinski definition) is 4. The average Bonchev–Trinajstić information content (AvgIpc) is 3.23. The maximum absolute atomic E-state index is 13.2. The van der Waals surface area contributed by atoms with Crippen LogP contribution in [0.1, 0.15) is 54.8 Å². The largest absolute Gasteiger partial charge is 0.348 e. The number of hydrogen-bond donors (Lipinski definition) is 1. The van der Waals surface area contributed by atoms with Crippen LogP contribution in [0, 0.1) is 0 Å². The van der Waals surface area contributed by atoms with E-state index in [2.05, 4.69) is 15.1 Å². The molecule has 0 saturated carbocycles. The number of likely N-dealkylation sites (tertiary alicyclic amines) is 1. The van der Waals surface area contributed by atoms with Gasteiger partial charge < -0.3 is 9.88 Å². The van der Waals surface area contributed by atoms with Gasteiger partial charge in [-0.2, -0.15) is 5.10 Å². The molecule has 0 radical (unpaired) electrons. The van der Waals surface area contributed by atoms with E-state index in [1.165, 1.54) is 4.68 Å². The number of carbonyl (C=O) groups is 1. The van der Waals surface area contributed by atoms with E-state index in [1.807, 2.05) is 37.1 Å². The Hall–Kier alpha value is -2.96. The van der Waals surface area contributed by atoms with Crippen molar-refractivity contribution in [1.29, 1.82) is 0 Å². The molecule has 1 amide bonds. The molecule has 7 nitrogen and oxygen atoms in total. The van der Waals surface area contributed by atoms with Crippen LogP contribution in [0.4, 0.5) is 0 Å². The number of piperidine rings is 1. The topological polar surface area (TPSA) is 83.9 Å². The molecule has 4 rings (SSSR count). The van der Waals surface area contributed by atoms with Gasteiger partial charge in [-0.05, 0) is 32.8 Å². The second-order valence-corrected chi connectivity index (χ2v) is 7.31. The van der Waals surface area contributed by atoms with Gasteiger partial charge in [0.05, 0.1) is 17.8 Å². The third kappa shape index (κ3) is 3.13. The summed E-state index contributed by atoms with van der Waals surface area (Å²) in [7, 11) is 0. The van der Waals surface area contributed by atoms with Crippen molar-refractivity contribution in [1.82, 2.24) is 24.6 Å². The summed E-state index contributed by atoms with van der Waals surface area (Å²) in [5.74, 6) is 0.287. The van der Waals surface area contributed by atoms with Crippen molar-refractivity contribution in [3.8, 4) is 0 Å². The first kappa shape index (κ1) is 17.5. The molecule has 0 aliphatic carbocycles. The van der Waals surface area contributed by atoms with E-state index in [0.717, 1.165) is 18.5 Å². The van der Waals surface area contributed by atoms with Crippen LogP contribution in [0.5, 0.6) is 0 Å². The first-order chi connectivity index (χ1) is 13.1. The Labute approximate surface area is 157 Å². The predicted octanol–water partition coefficient (Wildman–Crippen LogP) is 2.72. The lowest BCUT2D eigenvalue weighted by molar-refractivity contribution is 0.0705. The SMILES string of the molecule is CC(C)n1nc(C(=O)N2CCC(c3cnc[nH]3)CC2)c2ccccc2c1=O. The number of H-pyrrole nitrogens is 1. The molecule has 3 aromatic rings. The number of rotatable bonds is 3.